The van der Waals surface area contributed by atoms with E-state index < -0.39 is 11.2 Å². The van der Waals surface area contributed by atoms with Crippen LogP contribution >= 0.6 is 38.9 Å². The van der Waals surface area contributed by atoms with Crippen LogP contribution in [-0.2, 0) is 6.54 Å². The first-order chi connectivity index (χ1) is 7.58. The molecule has 0 aliphatic heterocycles. The van der Waals surface area contributed by atoms with E-state index in [2.05, 4.69) is 20.9 Å². The standard InChI is InChI=1S/C9H6BrClN2O2S/c10-5-1-2-16-6(5)4-13-8(14)3-7(11)12-9(13)15/h1-3H,4H2,(H,12,15). The van der Waals surface area contributed by atoms with Crippen LogP contribution in [0, 0.1) is 0 Å². The Morgan fingerprint density at radius 2 is 2.25 bits per heavy atom. The third kappa shape index (κ3) is 2.28. The number of hydrogen-bond donors (Lipinski definition) is 1. The average Bonchev–Trinajstić information content (AvgIpc) is 2.57. The molecule has 2 heterocycles. The van der Waals surface area contributed by atoms with Crippen molar-refractivity contribution in [3.05, 3.63) is 52.9 Å². The van der Waals surface area contributed by atoms with Gasteiger partial charge in [0.15, 0.2) is 0 Å². The lowest BCUT2D eigenvalue weighted by Crippen LogP contribution is -2.34. The van der Waals surface area contributed by atoms with Crippen LogP contribution in [0.1, 0.15) is 4.88 Å². The fourth-order valence-electron chi connectivity index (χ4n) is 1.22. The number of aromatic nitrogens is 2. The van der Waals surface area contributed by atoms with E-state index in [1.54, 1.807) is 0 Å². The predicted molar refractivity (Wildman–Crippen MR) is 67.5 cm³/mol. The van der Waals surface area contributed by atoms with Crippen molar-refractivity contribution in [1.82, 2.24) is 9.55 Å². The van der Waals surface area contributed by atoms with Crippen molar-refractivity contribution in [2.45, 2.75) is 6.54 Å². The molecule has 0 aliphatic carbocycles. The topological polar surface area (TPSA) is 54.9 Å². The second-order valence-corrected chi connectivity index (χ2v) is 5.30. The van der Waals surface area contributed by atoms with Gasteiger partial charge in [0.1, 0.15) is 5.15 Å². The van der Waals surface area contributed by atoms with Crippen LogP contribution in [0.2, 0.25) is 5.15 Å². The van der Waals surface area contributed by atoms with Gasteiger partial charge < -0.3 is 0 Å². The van der Waals surface area contributed by atoms with Crippen molar-refractivity contribution in [3.8, 4) is 0 Å². The molecule has 0 amide bonds. The molecular formula is C9H6BrClN2O2S. The van der Waals surface area contributed by atoms with E-state index in [1.807, 2.05) is 11.4 Å². The molecule has 0 fully saturated rings. The summed E-state index contributed by atoms with van der Waals surface area (Å²) < 4.78 is 1.99. The Kier molecular flexibility index (Phi) is 3.32. The third-order valence-corrected chi connectivity index (χ3v) is 4.10. The normalized spacial score (nSPS) is 10.6. The molecular weight excluding hydrogens is 316 g/mol. The summed E-state index contributed by atoms with van der Waals surface area (Å²) in [5.74, 6) is 0. The van der Waals surface area contributed by atoms with Gasteiger partial charge in [-0.1, -0.05) is 11.6 Å². The van der Waals surface area contributed by atoms with Crippen molar-refractivity contribution >= 4 is 38.9 Å². The monoisotopic (exact) mass is 320 g/mol. The smallest absolute Gasteiger partial charge is 0.298 e. The van der Waals surface area contributed by atoms with Crippen LogP contribution < -0.4 is 11.2 Å². The summed E-state index contributed by atoms with van der Waals surface area (Å²) in [4.78, 5) is 26.3. The maximum absolute atomic E-state index is 11.5. The molecule has 0 unspecified atom stereocenters. The van der Waals surface area contributed by atoms with E-state index in [9.17, 15) is 9.59 Å². The lowest BCUT2D eigenvalue weighted by molar-refractivity contribution is 0.705. The molecule has 2 aromatic heterocycles. The Balaban J connectivity index is 2.47. The molecule has 0 bridgehead atoms. The lowest BCUT2D eigenvalue weighted by atomic mass is 10.4. The van der Waals surface area contributed by atoms with Crippen LogP contribution in [0.5, 0.6) is 0 Å². The molecule has 0 atom stereocenters. The number of nitrogens with one attached hydrogen (secondary N) is 1. The van der Waals surface area contributed by atoms with Gasteiger partial charge in [-0.2, -0.15) is 0 Å². The highest BCUT2D eigenvalue weighted by molar-refractivity contribution is 9.10. The molecule has 0 spiro atoms. The highest BCUT2D eigenvalue weighted by Gasteiger charge is 2.07. The summed E-state index contributed by atoms with van der Waals surface area (Å²) in [6.07, 6.45) is 0. The quantitative estimate of drug-likeness (QED) is 0.861. The van der Waals surface area contributed by atoms with E-state index >= 15 is 0 Å². The maximum Gasteiger partial charge on any atom is 0.329 e. The zero-order valence-electron chi connectivity index (χ0n) is 7.87. The predicted octanol–water partition coefficient (Wildman–Crippen LogP) is 2.06. The van der Waals surface area contributed by atoms with E-state index in [0.29, 0.717) is 0 Å². The summed E-state index contributed by atoms with van der Waals surface area (Å²) in [6.45, 7) is 0.240. The number of thiophene rings is 1. The molecule has 0 saturated heterocycles. The average molecular weight is 322 g/mol. The van der Waals surface area contributed by atoms with Crippen LogP contribution in [0.3, 0.4) is 0 Å². The van der Waals surface area contributed by atoms with Gasteiger partial charge in [0.2, 0.25) is 0 Å². The van der Waals surface area contributed by atoms with E-state index in [0.717, 1.165) is 13.9 Å². The van der Waals surface area contributed by atoms with Crippen molar-refractivity contribution < 1.29 is 0 Å². The van der Waals surface area contributed by atoms with Gasteiger partial charge in [0.25, 0.3) is 5.56 Å². The van der Waals surface area contributed by atoms with E-state index in [4.69, 9.17) is 11.6 Å². The van der Waals surface area contributed by atoms with Gasteiger partial charge in [-0.05, 0) is 27.4 Å². The Bertz CT molecular complexity index is 600. The SMILES string of the molecule is O=c1cc(Cl)[nH]c(=O)n1Cc1sccc1Br. The third-order valence-electron chi connectivity index (χ3n) is 1.98. The van der Waals surface area contributed by atoms with Crippen LogP contribution in [0.15, 0.2) is 31.6 Å². The largest absolute Gasteiger partial charge is 0.329 e. The lowest BCUT2D eigenvalue weighted by Gasteiger charge is -2.02. The van der Waals surface area contributed by atoms with Gasteiger partial charge in [-0.3, -0.25) is 14.3 Å². The summed E-state index contributed by atoms with van der Waals surface area (Å²) >= 11 is 10.4. The van der Waals surface area contributed by atoms with Crippen molar-refractivity contribution in [2.75, 3.05) is 0 Å². The summed E-state index contributed by atoms with van der Waals surface area (Å²) in [6, 6.07) is 3.06. The first-order valence-electron chi connectivity index (χ1n) is 4.29. The number of hydrogen-bond acceptors (Lipinski definition) is 3. The minimum atomic E-state index is -0.502. The fourth-order valence-corrected chi connectivity index (χ4v) is 2.86. The van der Waals surface area contributed by atoms with Crippen LogP contribution in [0.25, 0.3) is 0 Å². The Morgan fingerprint density at radius 1 is 1.50 bits per heavy atom. The first-order valence-corrected chi connectivity index (χ1v) is 6.34. The Morgan fingerprint density at radius 3 is 2.81 bits per heavy atom. The summed E-state index contributed by atoms with van der Waals surface area (Å²) in [7, 11) is 0. The Hall–Kier alpha value is -0.850. The van der Waals surface area contributed by atoms with E-state index in [-0.39, 0.29) is 11.7 Å². The summed E-state index contributed by atoms with van der Waals surface area (Å²) in [5.41, 5.74) is -0.910. The van der Waals surface area contributed by atoms with Crippen LogP contribution in [-0.4, -0.2) is 9.55 Å². The minimum absolute atomic E-state index is 0.0523. The van der Waals surface area contributed by atoms with Gasteiger partial charge in [-0.25, -0.2) is 4.79 Å². The highest BCUT2D eigenvalue weighted by Crippen LogP contribution is 2.22. The summed E-state index contributed by atoms with van der Waals surface area (Å²) in [5, 5.41) is 1.94. The van der Waals surface area contributed by atoms with Crippen molar-refractivity contribution in [1.29, 1.82) is 0 Å². The number of halogens is 2. The molecule has 1 N–H and O–H groups in total. The molecule has 4 nitrogen and oxygen atoms in total. The molecule has 0 aliphatic rings. The molecule has 84 valence electrons. The van der Waals surface area contributed by atoms with Crippen molar-refractivity contribution in [3.63, 3.8) is 0 Å². The van der Waals surface area contributed by atoms with Gasteiger partial charge in [-0.15, -0.1) is 11.3 Å². The zero-order valence-corrected chi connectivity index (χ0v) is 11.0. The number of aromatic amines is 1. The molecule has 0 radical (unpaired) electrons. The number of nitrogens with zero attached hydrogens (tertiary/aromatic N) is 1. The number of rotatable bonds is 2. The first kappa shape index (κ1) is 11.6. The van der Waals surface area contributed by atoms with Gasteiger partial charge >= 0.3 is 5.69 Å². The van der Waals surface area contributed by atoms with Crippen LogP contribution in [0.4, 0.5) is 0 Å². The molecule has 16 heavy (non-hydrogen) atoms. The molecule has 7 heteroatoms. The second kappa shape index (κ2) is 4.57. The molecule has 2 aromatic rings. The molecule has 2 rings (SSSR count). The second-order valence-electron chi connectivity index (χ2n) is 3.04. The van der Waals surface area contributed by atoms with Gasteiger partial charge in [0, 0.05) is 15.4 Å². The van der Waals surface area contributed by atoms with Crippen molar-refractivity contribution in [2.24, 2.45) is 0 Å². The zero-order chi connectivity index (χ0) is 11.7. The molecule has 0 aromatic carbocycles. The Labute approximate surface area is 108 Å². The van der Waals surface area contributed by atoms with Gasteiger partial charge in [0.05, 0.1) is 6.54 Å². The van der Waals surface area contributed by atoms with E-state index in [1.165, 1.54) is 17.4 Å². The minimum Gasteiger partial charge on any atom is -0.298 e. The maximum atomic E-state index is 11.5. The highest BCUT2D eigenvalue weighted by atomic mass is 79.9. The fraction of sp³-hybridized carbons (Fsp3) is 0.111. The number of H-pyrrole nitrogens is 1. The molecule has 0 saturated carbocycles.